The molecule has 0 spiro atoms. The van der Waals surface area contributed by atoms with Crippen LogP contribution in [0.3, 0.4) is 0 Å². The van der Waals surface area contributed by atoms with Crippen LogP contribution in [0.2, 0.25) is 0 Å². The topological polar surface area (TPSA) is 52.6 Å². The Labute approximate surface area is 116 Å². The highest BCUT2D eigenvalue weighted by atomic mass is 16.5. The average molecular weight is 272 g/mol. The van der Waals surface area contributed by atoms with Gasteiger partial charge < -0.3 is 9.47 Å². The Morgan fingerprint density at radius 1 is 0.947 bits per heavy atom. The Balaban J connectivity index is 3.59. The van der Waals surface area contributed by atoms with Crippen molar-refractivity contribution in [2.75, 3.05) is 6.61 Å². The van der Waals surface area contributed by atoms with Crippen LogP contribution in [0.1, 0.15) is 72.1 Å². The van der Waals surface area contributed by atoms with E-state index in [0.717, 1.165) is 38.5 Å². The minimum Gasteiger partial charge on any atom is -0.466 e. The van der Waals surface area contributed by atoms with Gasteiger partial charge in [-0.05, 0) is 26.2 Å². The summed E-state index contributed by atoms with van der Waals surface area (Å²) in [5, 5.41) is 0. The minimum absolute atomic E-state index is 0.0600. The summed E-state index contributed by atoms with van der Waals surface area (Å²) in [6.45, 7) is 6.51. The Bertz CT molecular complexity index is 251. The fraction of sp³-hybridized carbons (Fsp3) is 0.867. The molecular formula is C15H28O4. The Morgan fingerprint density at radius 3 is 2.21 bits per heavy atom. The van der Waals surface area contributed by atoms with E-state index in [1.807, 2.05) is 13.8 Å². The lowest BCUT2D eigenvalue weighted by atomic mass is 10.1. The normalized spacial score (nSPS) is 11.9. The molecule has 0 aromatic carbocycles. The summed E-state index contributed by atoms with van der Waals surface area (Å²) in [4.78, 5) is 22.8. The van der Waals surface area contributed by atoms with Crippen molar-refractivity contribution in [3.05, 3.63) is 0 Å². The minimum atomic E-state index is -0.316. The van der Waals surface area contributed by atoms with E-state index in [1.54, 1.807) is 0 Å². The van der Waals surface area contributed by atoms with Crippen molar-refractivity contribution in [3.8, 4) is 0 Å². The molecule has 1 atom stereocenters. The monoisotopic (exact) mass is 272 g/mol. The number of carbonyl (C=O) groups is 2. The zero-order valence-corrected chi connectivity index (χ0v) is 12.6. The van der Waals surface area contributed by atoms with E-state index in [1.165, 1.54) is 0 Å². The van der Waals surface area contributed by atoms with Crippen LogP contribution in [0, 0.1) is 0 Å². The smallest absolute Gasteiger partial charge is 0.306 e. The summed E-state index contributed by atoms with van der Waals surface area (Å²) in [5.41, 5.74) is 0. The van der Waals surface area contributed by atoms with Gasteiger partial charge in [-0.15, -0.1) is 0 Å². The first-order valence-electron chi connectivity index (χ1n) is 7.45. The van der Waals surface area contributed by atoms with Crippen LogP contribution >= 0.6 is 0 Å². The first-order chi connectivity index (χ1) is 9.10. The molecule has 0 aromatic heterocycles. The van der Waals surface area contributed by atoms with Gasteiger partial charge in [-0.3, -0.25) is 9.59 Å². The molecule has 0 rings (SSSR count). The van der Waals surface area contributed by atoms with Crippen LogP contribution in [0.4, 0.5) is 0 Å². The zero-order chi connectivity index (χ0) is 14.5. The van der Waals surface area contributed by atoms with Gasteiger partial charge in [-0.25, -0.2) is 0 Å². The van der Waals surface area contributed by atoms with Crippen LogP contribution in [0.15, 0.2) is 0 Å². The van der Waals surface area contributed by atoms with Crippen LogP contribution < -0.4 is 0 Å². The van der Waals surface area contributed by atoms with Crippen LogP contribution in [-0.2, 0) is 19.1 Å². The predicted molar refractivity (Wildman–Crippen MR) is 74.8 cm³/mol. The summed E-state index contributed by atoms with van der Waals surface area (Å²) in [5.74, 6) is -0.625. The van der Waals surface area contributed by atoms with Crippen molar-refractivity contribution in [1.82, 2.24) is 0 Å². The maximum atomic E-state index is 11.5. The molecule has 0 saturated carbocycles. The van der Waals surface area contributed by atoms with E-state index in [9.17, 15) is 9.59 Å². The molecule has 4 heteroatoms. The maximum absolute atomic E-state index is 11.5. The van der Waals surface area contributed by atoms with Gasteiger partial charge in [0.2, 0.25) is 0 Å². The molecular weight excluding hydrogens is 244 g/mol. The Morgan fingerprint density at radius 2 is 1.58 bits per heavy atom. The van der Waals surface area contributed by atoms with E-state index >= 15 is 0 Å². The second-order valence-corrected chi connectivity index (χ2v) is 4.87. The van der Waals surface area contributed by atoms with Gasteiger partial charge in [0, 0.05) is 0 Å². The van der Waals surface area contributed by atoms with Gasteiger partial charge in [0.25, 0.3) is 0 Å². The fourth-order valence-corrected chi connectivity index (χ4v) is 1.63. The van der Waals surface area contributed by atoms with E-state index in [2.05, 4.69) is 6.92 Å². The first-order valence-corrected chi connectivity index (χ1v) is 7.45. The van der Waals surface area contributed by atoms with Crippen molar-refractivity contribution in [2.45, 2.75) is 78.2 Å². The second-order valence-electron chi connectivity index (χ2n) is 4.87. The van der Waals surface area contributed by atoms with Gasteiger partial charge in [0.15, 0.2) is 0 Å². The van der Waals surface area contributed by atoms with Crippen LogP contribution in [0.25, 0.3) is 0 Å². The van der Waals surface area contributed by atoms with Crippen LogP contribution in [0.5, 0.6) is 0 Å². The number of unbranched alkanes of at least 4 members (excludes halogenated alkanes) is 3. The summed E-state index contributed by atoms with van der Waals surface area (Å²) >= 11 is 0. The lowest BCUT2D eigenvalue weighted by molar-refractivity contribution is -0.153. The standard InChI is InChI=1S/C15H28O4/c1-4-6-8-9-13(3)19-15(17)11-10-14(16)18-12-7-5-2/h13H,4-12H2,1-3H3. The number of carbonyl (C=O) groups excluding carboxylic acids is 2. The molecule has 0 saturated heterocycles. The van der Waals surface area contributed by atoms with Crippen molar-refractivity contribution >= 4 is 11.9 Å². The largest absolute Gasteiger partial charge is 0.466 e. The molecule has 1 unspecified atom stereocenters. The quantitative estimate of drug-likeness (QED) is 0.426. The lowest BCUT2D eigenvalue weighted by Gasteiger charge is -2.12. The number of hydrogen-bond acceptors (Lipinski definition) is 4. The molecule has 0 N–H and O–H groups in total. The third-order valence-corrected chi connectivity index (χ3v) is 2.84. The molecule has 19 heavy (non-hydrogen) atoms. The average Bonchev–Trinajstić information content (AvgIpc) is 2.37. The van der Waals surface area contributed by atoms with E-state index in [0.29, 0.717) is 6.61 Å². The first kappa shape index (κ1) is 17.9. The predicted octanol–water partition coefficient (Wildman–Crippen LogP) is 3.62. The maximum Gasteiger partial charge on any atom is 0.306 e. The van der Waals surface area contributed by atoms with Gasteiger partial charge >= 0.3 is 11.9 Å². The molecule has 0 heterocycles. The van der Waals surface area contributed by atoms with Crippen molar-refractivity contribution in [2.24, 2.45) is 0 Å². The zero-order valence-electron chi connectivity index (χ0n) is 12.6. The summed E-state index contributed by atoms with van der Waals surface area (Å²) in [6, 6.07) is 0. The summed E-state index contributed by atoms with van der Waals surface area (Å²) < 4.78 is 10.2. The van der Waals surface area contributed by atoms with E-state index in [4.69, 9.17) is 9.47 Å². The molecule has 0 bridgehead atoms. The number of rotatable bonds is 11. The third-order valence-electron chi connectivity index (χ3n) is 2.84. The second kappa shape index (κ2) is 12.0. The van der Waals surface area contributed by atoms with Crippen molar-refractivity contribution in [3.63, 3.8) is 0 Å². The van der Waals surface area contributed by atoms with Crippen molar-refractivity contribution < 1.29 is 19.1 Å². The third kappa shape index (κ3) is 11.7. The van der Waals surface area contributed by atoms with Gasteiger partial charge in [0.05, 0.1) is 25.6 Å². The molecule has 0 radical (unpaired) electrons. The van der Waals surface area contributed by atoms with Gasteiger partial charge in [0.1, 0.15) is 0 Å². The highest BCUT2D eigenvalue weighted by molar-refractivity contribution is 5.77. The molecule has 4 nitrogen and oxygen atoms in total. The molecule has 112 valence electrons. The van der Waals surface area contributed by atoms with Crippen LogP contribution in [-0.4, -0.2) is 24.6 Å². The highest BCUT2D eigenvalue weighted by Crippen LogP contribution is 2.08. The lowest BCUT2D eigenvalue weighted by Crippen LogP contribution is -2.16. The van der Waals surface area contributed by atoms with E-state index < -0.39 is 0 Å². The number of hydrogen-bond donors (Lipinski definition) is 0. The highest BCUT2D eigenvalue weighted by Gasteiger charge is 2.12. The molecule has 0 fully saturated rings. The Kier molecular flexibility index (Phi) is 11.3. The molecule has 0 amide bonds. The van der Waals surface area contributed by atoms with Gasteiger partial charge in [-0.2, -0.15) is 0 Å². The fourth-order valence-electron chi connectivity index (χ4n) is 1.63. The van der Waals surface area contributed by atoms with E-state index in [-0.39, 0.29) is 30.9 Å². The molecule has 0 aliphatic rings. The van der Waals surface area contributed by atoms with Gasteiger partial charge in [-0.1, -0.05) is 33.1 Å². The molecule has 0 aliphatic heterocycles. The van der Waals surface area contributed by atoms with Crippen molar-refractivity contribution in [1.29, 1.82) is 0 Å². The SMILES string of the molecule is CCCCCC(C)OC(=O)CCC(=O)OCCCC. The Hall–Kier alpha value is -1.06. The number of ether oxygens (including phenoxy) is 2. The summed E-state index contributed by atoms with van der Waals surface area (Å²) in [7, 11) is 0. The molecule has 0 aromatic rings. The number of esters is 2. The molecule has 0 aliphatic carbocycles. The summed E-state index contributed by atoms with van der Waals surface area (Å²) in [6.07, 6.45) is 6.30.